The molecular formula is C26H33N5O2S. The number of nitrogens with zero attached hydrogens (tertiary/aromatic N) is 3. The Morgan fingerprint density at radius 1 is 1.00 bits per heavy atom. The molecule has 0 aliphatic carbocycles. The van der Waals surface area contributed by atoms with E-state index in [-0.39, 0.29) is 29.5 Å². The summed E-state index contributed by atoms with van der Waals surface area (Å²) in [4.78, 5) is 25.4. The van der Waals surface area contributed by atoms with E-state index in [1.807, 2.05) is 88.6 Å². The average molecular weight is 480 g/mol. The molecule has 2 amide bonds. The summed E-state index contributed by atoms with van der Waals surface area (Å²) in [6, 6.07) is 13.2. The van der Waals surface area contributed by atoms with E-state index in [0.717, 1.165) is 22.4 Å². The number of hydrogen-bond acceptors (Lipinski definition) is 5. The van der Waals surface area contributed by atoms with Crippen LogP contribution in [0.5, 0.6) is 0 Å². The zero-order valence-corrected chi connectivity index (χ0v) is 21.5. The fourth-order valence-corrected chi connectivity index (χ4v) is 4.39. The normalized spacial score (nSPS) is 12.0. The third kappa shape index (κ3) is 6.26. The molecule has 0 aliphatic rings. The molecular weight excluding hydrogens is 446 g/mol. The lowest BCUT2D eigenvalue weighted by Gasteiger charge is -2.22. The quantitative estimate of drug-likeness (QED) is 0.418. The lowest BCUT2D eigenvalue weighted by atomic mass is 10.0. The van der Waals surface area contributed by atoms with Gasteiger partial charge in [-0.3, -0.25) is 9.59 Å². The van der Waals surface area contributed by atoms with Crippen molar-refractivity contribution in [1.29, 1.82) is 0 Å². The van der Waals surface area contributed by atoms with Gasteiger partial charge in [0.05, 0.1) is 11.8 Å². The van der Waals surface area contributed by atoms with Crippen molar-refractivity contribution in [3.63, 3.8) is 0 Å². The number of anilines is 1. The summed E-state index contributed by atoms with van der Waals surface area (Å²) in [5, 5.41) is 15.5. The van der Waals surface area contributed by atoms with Gasteiger partial charge in [0.25, 0.3) is 5.91 Å². The fourth-order valence-electron chi connectivity index (χ4n) is 3.58. The van der Waals surface area contributed by atoms with E-state index in [2.05, 4.69) is 20.8 Å². The van der Waals surface area contributed by atoms with Gasteiger partial charge < -0.3 is 15.2 Å². The maximum absolute atomic E-state index is 12.9. The van der Waals surface area contributed by atoms with E-state index in [9.17, 15) is 9.59 Å². The van der Waals surface area contributed by atoms with Crippen molar-refractivity contribution in [2.24, 2.45) is 5.92 Å². The molecule has 0 bridgehead atoms. The topological polar surface area (TPSA) is 88.9 Å². The Hall–Kier alpha value is -3.13. The number of rotatable bonds is 9. The van der Waals surface area contributed by atoms with Crippen LogP contribution < -0.4 is 10.6 Å². The summed E-state index contributed by atoms with van der Waals surface area (Å²) in [5.74, 6) is 0.767. The van der Waals surface area contributed by atoms with E-state index in [1.165, 1.54) is 11.8 Å². The lowest BCUT2D eigenvalue weighted by molar-refractivity contribution is -0.113. The predicted octanol–water partition coefficient (Wildman–Crippen LogP) is 5.08. The van der Waals surface area contributed by atoms with Crippen molar-refractivity contribution in [3.05, 3.63) is 70.5 Å². The molecule has 3 aromatic rings. The van der Waals surface area contributed by atoms with Gasteiger partial charge in [0.1, 0.15) is 0 Å². The van der Waals surface area contributed by atoms with Crippen LogP contribution >= 0.6 is 11.8 Å². The first-order chi connectivity index (χ1) is 16.2. The lowest BCUT2D eigenvalue weighted by Crippen LogP contribution is -2.33. The minimum atomic E-state index is -0.306. The number of thioether (sulfide) groups is 1. The van der Waals surface area contributed by atoms with Gasteiger partial charge in [-0.2, -0.15) is 0 Å². The van der Waals surface area contributed by atoms with Gasteiger partial charge in [-0.1, -0.05) is 55.4 Å². The summed E-state index contributed by atoms with van der Waals surface area (Å²) in [6.07, 6.45) is 0. The molecule has 2 aromatic carbocycles. The molecule has 0 fully saturated rings. The monoisotopic (exact) mass is 479 g/mol. The standard InChI is InChI=1S/C26H33N5O2S/c1-7-31-24(23(16(2)3)28-25(33)20-12-9-17(4)10-13-20)29-30-26(31)34-15-22(32)27-21-14-18(5)8-11-19(21)6/h8-14,16,23H,7,15H2,1-6H3,(H,27,32)(H,28,33)/t23-/m0/s1. The third-order valence-electron chi connectivity index (χ3n) is 5.61. The Bertz CT molecular complexity index is 1150. The average Bonchev–Trinajstić information content (AvgIpc) is 3.21. The summed E-state index contributed by atoms with van der Waals surface area (Å²) in [5.41, 5.74) is 4.65. The molecule has 34 heavy (non-hydrogen) atoms. The number of hydrogen-bond donors (Lipinski definition) is 2. The minimum absolute atomic E-state index is 0.0982. The van der Waals surface area contributed by atoms with E-state index in [1.54, 1.807) is 0 Å². The summed E-state index contributed by atoms with van der Waals surface area (Å²) in [7, 11) is 0. The molecule has 1 aromatic heterocycles. The van der Waals surface area contributed by atoms with Crippen molar-refractivity contribution >= 4 is 29.3 Å². The molecule has 3 rings (SSSR count). The second-order valence-corrected chi connectivity index (χ2v) is 9.74. The number of amides is 2. The molecule has 0 radical (unpaired) electrons. The van der Waals surface area contributed by atoms with Gasteiger partial charge >= 0.3 is 0 Å². The Balaban J connectivity index is 1.72. The molecule has 0 saturated heterocycles. The molecule has 0 saturated carbocycles. The minimum Gasteiger partial charge on any atom is -0.342 e. The largest absolute Gasteiger partial charge is 0.342 e. The van der Waals surface area contributed by atoms with Crippen LogP contribution in [-0.2, 0) is 11.3 Å². The highest BCUT2D eigenvalue weighted by molar-refractivity contribution is 7.99. The number of aryl methyl sites for hydroxylation is 3. The maximum atomic E-state index is 12.9. The molecule has 1 atom stereocenters. The van der Waals surface area contributed by atoms with Gasteiger partial charge in [-0.15, -0.1) is 10.2 Å². The molecule has 180 valence electrons. The van der Waals surface area contributed by atoms with E-state index >= 15 is 0 Å². The Kier molecular flexibility index (Phi) is 8.50. The van der Waals surface area contributed by atoms with Gasteiger partial charge in [0, 0.05) is 17.8 Å². The van der Waals surface area contributed by atoms with Gasteiger partial charge in [-0.25, -0.2) is 0 Å². The smallest absolute Gasteiger partial charge is 0.251 e. The Morgan fingerprint density at radius 2 is 1.68 bits per heavy atom. The number of nitrogens with one attached hydrogen (secondary N) is 2. The first-order valence-electron chi connectivity index (χ1n) is 11.5. The van der Waals surface area contributed by atoms with Crippen molar-refractivity contribution in [1.82, 2.24) is 20.1 Å². The number of carbonyl (C=O) groups is 2. The second-order valence-electron chi connectivity index (χ2n) is 8.80. The molecule has 0 aliphatic heterocycles. The fraction of sp³-hybridized carbons (Fsp3) is 0.385. The Morgan fingerprint density at radius 3 is 2.32 bits per heavy atom. The van der Waals surface area contributed by atoms with Gasteiger partial charge in [0.15, 0.2) is 11.0 Å². The van der Waals surface area contributed by atoms with Gasteiger partial charge in [0.2, 0.25) is 5.91 Å². The second kappa shape index (κ2) is 11.3. The molecule has 0 spiro atoms. The highest BCUT2D eigenvalue weighted by atomic mass is 32.2. The van der Waals surface area contributed by atoms with Crippen LogP contribution in [0.2, 0.25) is 0 Å². The molecule has 7 nitrogen and oxygen atoms in total. The van der Waals surface area contributed by atoms with Crippen LogP contribution in [-0.4, -0.2) is 32.3 Å². The van der Waals surface area contributed by atoms with Crippen LogP contribution in [0.15, 0.2) is 47.6 Å². The van der Waals surface area contributed by atoms with E-state index in [0.29, 0.717) is 23.1 Å². The van der Waals surface area contributed by atoms with Gasteiger partial charge in [-0.05, 0) is 62.9 Å². The van der Waals surface area contributed by atoms with Crippen molar-refractivity contribution in [2.75, 3.05) is 11.1 Å². The number of benzene rings is 2. The van der Waals surface area contributed by atoms with Crippen molar-refractivity contribution in [2.45, 2.75) is 59.3 Å². The molecule has 2 N–H and O–H groups in total. The Labute approximate surface area is 205 Å². The molecule has 1 heterocycles. The van der Waals surface area contributed by atoms with E-state index in [4.69, 9.17) is 0 Å². The zero-order chi connectivity index (χ0) is 24.8. The number of carbonyl (C=O) groups excluding carboxylic acids is 2. The van der Waals surface area contributed by atoms with E-state index < -0.39 is 0 Å². The summed E-state index contributed by atoms with van der Waals surface area (Å²) < 4.78 is 1.97. The van der Waals surface area contributed by atoms with Crippen LogP contribution in [0.4, 0.5) is 5.69 Å². The zero-order valence-electron chi connectivity index (χ0n) is 20.7. The highest BCUT2D eigenvalue weighted by Crippen LogP contribution is 2.26. The third-order valence-corrected chi connectivity index (χ3v) is 6.57. The van der Waals surface area contributed by atoms with Crippen LogP contribution in [0.1, 0.15) is 59.7 Å². The first-order valence-corrected chi connectivity index (χ1v) is 12.5. The molecule has 0 unspecified atom stereocenters. The van der Waals surface area contributed by atoms with Crippen LogP contribution in [0, 0.1) is 26.7 Å². The predicted molar refractivity (Wildman–Crippen MR) is 137 cm³/mol. The first kappa shape index (κ1) is 25.5. The van der Waals surface area contributed by atoms with Crippen molar-refractivity contribution < 1.29 is 9.59 Å². The summed E-state index contributed by atoms with van der Waals surface area (Å²) in [6.45, 7) is 12.7. The SMILES string of the molecule is CCn1c(SCC(=O)Nc2cc(C)ccc2C)nnc1[C@@H](NC(=O)c1ccc(C)cc1)C(C)C. The van der Waals surface area contributed by atoms with Crippen molar-refractivity contribution in [3.8, 4) is 0 Å². The molecule has 8 heteroatoms. The van der Waals surface area contributed by atoms with Crippen LogP contribution in [0.25, 0.3) is 0 Å². The number of aromatic nitrogens is 3. The highest BCUT2D eigenvalue weighted by Gasteiger charge is 2.26. The van der Waals surface area contributed by atoms with Crippen LogP contribution in [0.3, 0.4) is 0 Å². The summed E-state index contributed by atoms with van der Waals surface area (Å²) >= 11 is 1.34. The maximum Gasteiger partial charge on any atom is 0.251 e.